The maximum atomic E-state index is 14.2. The van der Waals surface area contributed by atoms with Gasteiger partial charge in [0.15, 0.2) is 5.78 Å². The van der Waals surface area contributed by atoms with E-state index in [4.69, 9.17) is 15.2 Å². The molecule has 5 aromatic rings. The molecule has 43 heavy (non-hydrogen) atoms. The summed E-state index contributed by atoms with van der Waals surface area (Å²) in [4.78, 5) is 16.6. The quantitative estimate of drug-likeness (QED) is 0.136. The fourth-order valence-corrected chi connectivity index (χ4v) is 5.71. The van der Waals surface area contributed by atoms with Crippen LogP contribution in [-0.4, -0.2) is 36.9 Å². The van der Waals surface area contributed by atoms with Gasteiger partial charge in [-0.1, -0.05) is 48.9 Å². The molecule has 0 bridgehead atoms. The summed E-state index contributed by atoms with van der Waals surface area (Å²) in [7, 11) is 0. The molecule has 0 atom stereocenters. The second-order valence-corrected chi connectivity index (χ2v) is 11.0. The molecule has 5 nitrogen and oxygen atoms in total. The Morgan fingerprint density at radius 1 is 0.767 bits per heavy atom. The molecule has 1 saturated heterocycles. The van der Waals surface area contributed by atoms with Crippen LogP contribution in [0.2, 0.25) is 0 Å². The van der Waals surface area contributed by atoms with Gasteiger partial charge in [-0.2, -0.15) is 0 Å². The lowest BCUT2D eigenvalue weighted by Gasteiger charge is -2.26. The lowest BCUT2D eigenvalue weighted by Crippen LogP contribution is -2.33. The minimum absolute atomic E-state index is 0.151. The van der Waals surface area contributed by atoms with E-state index in [2.05, 4.69) is 4.90 Å². The predicted octanol–water partition coefficient (Wildman–Crippen LogP) is 7.90. The summed E-state index contributed by atoms with van der Waals surface area (Å²) in [5.74, 6) is 0.859. The van der Waals surface area contributed by atoms with Gasteiger partial charge in [0.1, 0.15) is 30.5 Å². The van der Waals surface area contributed by atoms with Crippen molar-refractivity contribution in [2.45, 2.75) is 25.9 Å². The van der Waals surface area contributed by atoms with Gasteiger partial charge in [-0.05, 0) is 108 Å². The maximum absolute atomic E-state index is 14.2. The molecule has 0 aliphatic carbocycles. The lowest BCUT2D eigenvalue weighted by molar-refractivity contribution is 0.104. The van der Waals surface area contributed by atoms with Crippen LogP contribution in [0.5, 0.6) is 11.5 Å². The highest BCUT2D eigenvalue weighted by Crippen LogP contribution is 2.37. The van der Waals surface area contributed by atoms with Crippen molar-refractivity contribution in [3.05, 3.63) is 126 Å². The van der Waals surface area contributed by atoms with Crippen LogP contribution in [0.1, 0.15) is 40.7 Å². The lowest BCUT2D eigenvalue weighted by atomic mass is 9.88. The van der Waals surface area contributed by atoms with Crippen molar-refractivity contribution >= 4 is 22.2 Å². The molecule has 6 heteroatoms. The van der Waals surface area contributed by atoms with Crippen molar-refractivity contribution < 1.29 is 18.7 Å². The average Bonchev–Trinajstić information content (AvgIpc) is 3.04. The molecule has 6 rings (SSSR count). The van der Waals surface area contributed by atoms with Crippen LogP contribution in [0.4, 0.5) is 10.1 Å². The molecular weight excluding hydrogens is 539 g/mol. The number of hydrogen-bond donors (Lipinski definition) is 1. The van der Waals surface area contributed by atoms with Crippen LogP contribution in [0.25, 0.3) is 21.9 Å². The first kappa shape index (κ1) is 28.4. The number of halogens is 1. The van der Waals surface area contributed by atoms with Crippen LogP contribution in [0.3, 0.4) is 0 Å². The van der Waals surface area contributed by atoms with E-state index in [9.17, 15) is 9.18 Å². The van der Waals surface area contributed by atoms with E-state index in [1.807, 2.05) is 72.8 Å². The van der Waals surface area contributed by atoms with E-state index in [-0.39, 0.29) is 11.5 Å². The molecule has 1 fully saturated rings. The molecule has 1 aliphatic rings. The Morgan fingerprint density at radius 3 is 2.28 bits per heavy atom. The molecule has 0 amide bonds. The molecule has 0 aromatic heterocycles. The summed E-state index contributed by atoms with van der Waals surface area (Å²) >= 11 is 0. The largest absolute Gasteiger partial charge is 0.492 e. The number of anilines is 1. The average molecular weight is 575 g/mol. The normalized spacial score (nSPS) is 13.6. The number of rotatable bonds is 10. The Bertz CT molecular complexity index is 1710. The zero-order valence-corrected chi connectivity index (χ0v) is 24.1. The maximum Gasteiger partial charge on any atom is 0.194 e. The topological polar surface area (TPSA) is 64.8 Å². The zero-order chi connectivity index (χ0) is 29.6. The molecule has 218 valence electrons. The second-order valence-electron chi connectivity index (χ2n) is 11.0. The number of hydrogen-bond acceptors (Lipinski definition) is 5. The first-order valence-corrected chi connectivity index (χ1v) is 14.8. The highest BCUT2D eigenvalue weighted by molar-refractivity contribution is 6.21. The summed E-state index contributed by atoms with van der Waals surface area (Å²) in [6.45, 7) is 4.21. The van der Waals surface area contributed by atoms with E-state index in [1.165, 1.54) is 31.4 Å². The Kier molecular flexibility index (Phi) is 8.66. The van der Waals surface area contributed by atoms with Crippen molar-refractivity contribution in [2.24, 2.45) is 0 Å². The first-order valence-electron chi connectivity index (χ1n) is 14.8. The Labute approximate surface area is 251 Å². The summed E-state index contributed by atoms with van der Waals surface area (Å²) in [6, 6.07) is 31.1. The van der Waals surface area contributed by atoms with Gasteiger partial charge in [0.05, 0.1) is 0 Å². The van der Waals surface area contributed by atoms with Gasteiger partial charge in [-0.3, -0.25) is 9.69 Å². The number of piperidine rings is 1. The number of ketones is 1. The summed E-state index contributed by atoms with van der Waals surface area (Å²) in [6.07, 6.45) is 3.80. The molecule has 2 N–H and O–H groups in total. The zero-order valence-electron chi connectivity index (χ0n) is 24.1. The third-order valence-electron chi connectivity index (χ3n) is 8.01. The minimum atomic E-state index is -0.425. The predicted molar refractivity (Wildman–Crippen MR) is 170 cm³/mol. The Hall–Kier alpha value is -4.68. The summed E-state index contributed by atoms with van der Waals surface area (Å²) in [5, 5.41) is 1.62. The Balaban J connectivity index is 1.29. The fraction of sp³-hybridized carbons (Fsp3) is 0.216. The summed E-state index contributed by atoms with van der Waals surface area (Å²) in [5.41, 5.74) is 9.88. The molecule has 0 saturated carbocycles. The van der Waals surface area contributed by atoms with Gasteiger partial charge >= 0.3 is 0 Å². The third-order valence-corrected chi connectivity index (χ3v) is 8.01. The van der Waals surface area contributed by atoms with Crippen molar-refractivity contribution in [3.63, 3.8) is 0 Å². The van der Waals surface area contributed by atoms with Gasteiger partial charge in [-0.25, -0.2) is 4.39 Å². The van der Waals surface area contributed by atoms with Gasteiger partial charge in [-0.15, -0.1) is 0 Å². The van der Waals surface area contributed by atoms with Gasteiger partial charge < -0.3 is 15.2 Å². The van der Waals surface area contributed by atoms with E-state index < -0.39 is 5.82 Å². The number of ether oxygens (including phenoxy) is 2. The highest BCUT2D eigenvalue weighted by atomic mass is 19.1. The fourth-order valence-electron chi connectivity index (χ4n) is 5.71. The molecule has 0 spiro atoms. The number of nitrogens with two attached hydrogens (primary N) is 1. The highest BCUT2D eigenvalue weighted by Gasteiger charge is 2.21. The molecule has 0 radical (unpaired) electrons. The monoisotopic (exact) mass is 574 g/mol. The van der Waals surface area contributed by atoms with Gasteiger partial charge in [0.2, 0.25) is 0 Å². The number of fused-ring (bicyclic) bond motifs is 1. The smallest absolute Gasteiger partial charge is 0.194 e. The van der Waals surface area contributed by atoms with Crippen LogP contribution in [0.15, 0.2) is 103 Å². The van der Waals surface area contributed by atoms with Crippen molar-refractivity contribution in [3.8, 4) is 22.6 Å². The van der Waals surface area contributed by atoms with Crippen LogP contribution in [0, 0.1) is 5.82 Å². The number of nitrogens with zero attached hydrogens (tertiary/aromatic N) is 1. The van der Waals surface area contributed by atoms with E-state index in [0.717, 1.165) is 41.7 Å². The van der Waals surface area contributed by atoms with Crippen molar-refractivity contribution in [2.75, 3.05) is 32.0 Å². The van der Waals surface area contributed by atoms with E-state index in [1.54, 1.807) is 18.2 Å². The second kappa shape index (κ2) is 13.1. The SMILES string of the molecule is Nc1cc(F)ccc1-c1ccc2cc(OCc3ccccc3)ccc2c1C(=O)c1ccc(OCCN2CCCCC2)cc1. The molecule has 0 unspecified atom stereocenters. The third kappa shape index (κ3) is 6.71. The van der Waals surface area contributed by atoms with Crippen LogP contribution < -0.4 is 15.2 Å². The van der Waals surface area contributed by atoms with Crippen LogP contribution in [-0.2, 0) is 6.61 Å². The first-order chi connectivity index (χ1) is 21.0. The molecule has 1 aliphatic heterocycles. The molecule has 5 aromatic carbocycles. The van der Waals surface area contributed by atoms with Crippen LogP contribution >= 0.6 is 0 Å². The van der Waals surface area contributed by atoms with E-state index >= 15 is 0 Å². The Morgan fingerprint density at radius 2 is 1.51 bits per heavy atom. The molecule has 1 heterocycles. The standard InChI is InChI=1S/C37H35FN2O3/c38-29-12-17-33(35(39)24-29)34-16-11-28-23-31(43-25-26-7-3-1-4-8-26)15-18-32(28)36(34)37(41)27-9-13-30(14-10-27)42-22-21-40-19-5-2-6-20-40/h1,3-4,7-18,23-24H,2,5-6,19-22,25,39H2. The number of likely N-dealkylation sites (tertiary alicyclic amines) is 1. The van der Waals surface area contributed by atoms with Gasteiger partial charge in [0.25, 0.3) is 0 Å². The number of carbonyl (C=O) groups excluding carboxylic acids is 1. The molecular formula is C37H35FN2O3. The number of benzene rings is 5. The van der Waals surface area contributed by atoms with Crippen molar-refractivity contribution in [1.82, 2.24) is 4.90 Å². The van der Waals surface area contributed by atoms with Crippen molar-refractivity contribution in [1.29, 1.82) is 0 Å². The van der Waals surface area contributed by atoms with Gasteiger partial charge in [0, 0.05) is 28.9 Å². The summed E-state index contributed by atoms with van der Waals surface area (Å²) < 4.78 is 26.0. The number of carbonyl (C=O) groups is 1. The minimum Gasteiger partial charge on any atom is -0.492 e. The van der Waals surface area contributed by atoms with E-state index in [0.29, 0.717) is 41.2 Å². The number of nitrogen functional groups attached to an aromatic ring is 1.